The molecule has 6 aromatic carbocycles. The molecule has 8 amide bonds. The zero-order valence-electron chi connectivity index (χ0n) is 78.6. The van der Waals surface area contributed by atoms with Crippen LogP contribution in [0.15, 0.2) is 221 Å². The predicted octanol–water partition coefficient (Wildman–Crippen LogP) is 11.3. The molecule has 0 radical (unpaired) electrons. The molecule has 1 atom stereocenters. The average Bonchev–Trinajstić information content (AvgIpc) is 1.58. The fourth-order valence-electron chi connectivity index (χ4n) is 16.2. The molecule has 0 bridgehead atoms. The van der Waals surface area contributed by atoms with Crippen LogP contribution in [0.4, 0.5) is 127 Å². The molecule has 0 spiro atoms. The van der Waals surface area contributed by atoms with Crippen LogP contribution in [0.25, 0.3) is 0 Å². The SMILES string of the molecule is C=CC(=O)N(CC)c1cccc(Nc2nc3c(c(Nc4ccc(N5CCN(C6COC6)C[C@@H]5C)cc4)n2)C(=O)NC3)c1.C=CC(=O)Nc1cccc(Nc2nc3c(c(Nc4ccc(N5CCOCC5)cc4)n2)C(=O)NC3)c1.C=CC(=O)Nc1cccc(Nc2nc3c(c(Nc4cnn(CC(C)(C)O)c4)n2)C(=O)NC3)c1.C=CC(=O)Nc1cccc(Nc2nc3c(c(Nc4cnn(CCOC)c4)n2)C(=O)NC3)c1. The largest absolute Gasteiger partial charge is 0.389 e. The number of anilines is 22. The predicted molar refractivity (Wildman–Crippen MR) is 541 cm³/mol. The van der Waals surface area contributed by atoms with Crippen molar-refractivity contribution in [3.05, 3.63) is 266 Å². The summed E-state index contributed by atoms with van der Waals surface area (Å²) >= 11 is 0. The van der Waals surface area contributed by atoms with Gasteiger partial charge in [0.2, 0.25) is 47.4 Å². The zero-order chi connectivity index (χ0) is 99.5. The van der Waals surface area contributed by atoms with Crippen molar-refractivity contribution in [1.82, 2.24) is 85.6 Å². The summed E-state index contributed by atoms with van der Waals surface area (Å²) in [5.74, 6) is 0.798. The highest BCUT2D eigenvalue weighted by molar-refractivity contribution is 6.07. The number of hydrogen-bond acceptors (Lipinski definition) is 33. The van der Waals surface area contributed by atoms with Crippen molar-refractivity contribution in [3.63, 3.8) is 0 Å². The van der Waals surface area contributed by atoms with Crippen LogP contribution >= 0.6 is 0 Å². The van der Waals surface area contributed by atoms with Gasteiger partial charge in [0.25, 0.3) is 23.6 Å². The molecular weight excluding hydrogens is 1820 g/mol. The van der Waals surface area contributed by atoms with Crippen molar-refractivity contribution in [2.75, 3.05) is 153 Å². The van der Waals surface area contributed by atoms with E-state index < -0.39 is 5.60 Å². The summed E-state index contributed by atoms with van der Waals surface area (Å²) in [5, 5.41) is 63.3. The van der Waals surface area contributed by atoms with Gasteiger partial charge in [0.15, 0.2) is 0 Å². The zero-order valence-corrected chi connectivity index (χ0v) is 78.6. The average molecular weight is 1920 g/mol. The number of nitrogens with one attached hydrogen (secondary N) is 15. The van der Waals surface area contributed by atoms with E-state index in [0.717, 1.165) is 87.6 Å². The van der Waals surface area contributed by atoms with Crippen LogP contribution in [0.3, 0.4) is 0 Å². The molecule has 3 saturated heterocycles. The molecule has 43 heteroatoms. The Labute approximate surface area is 816 Å². The number of aliphatic hydroxyl groups is 1. The minimum atomic E-state index is -0.921. The summed E-state index contributed by atoms with van der Waals surface area (Å²) in [6.45, 7) is 32.6. The summed E-state index contributed by atoms with van der Waals surface area (Å²) in [5.41, 5.74) is 13.5. The molecule has 13 heterocycles. The molecule has 12 aromatic rings. The van der Waals surface area contributed by atoms with Crippen LogP contribution in [-0.2, 0) is 72.7 Å². The second kappa shape index (κ2) is 44.8. The van der Waals surface area contributed by atoms with Crippen LogP contribution in [0.2, 0.25) is 0 Å². The topological polar surface area (TPSA) is 517 Å². The Kier molecular flexibility index (Phi) is 30.8. The third-order valence-electron chi connectivity index (χ3n) is 23.0. The number of carbonyl (C=O) groups is 8. The van der Waals surface area contributed by atoms with Crippen LogP contribution in [0.5, 0.6) is 0 Å². The van der Waals surface area contributed by atoms with Gasteiger partial charge in [-0.15, -0.1) is 0 Å². The number of nitrogens with zero attached hydrogens (tertiary/aromatic N) is 16. The molecule has 16 N–H and O–H groups in total. The number of hydrogen-bond donors (Lipinski definition) is 16. The minimum Gasteiger partial charge on any atom is -0.389 e. The van der Waals surface area contributed by atoms with E-state index in [0.29, 0.717) is 190 Å². The van der Waals surface area contributed by atoms with Crippen molar-refractivity contribution in [2.24, 2.45) is 0 Å². The number of likely N-dealkylation sites (N-methyl/N-ethyl adjacent to an activating group) is 1. The van der Waals surface area contributed by atoms with Crippen molar-refractivity contribution >= 4 is 174 Å². The highest BCUT2D eigenvalue weighted by Crippen LogP contribution is 2.36. The number of piperazine rings is 1. The smallest absolute Gasteiger partial charge is 0.257 e. The Balaban J connectivity index is 0.000000137. The van der Waals surface area contributed by atoms with E-state index >= 15 is 0 Å². The van der Waals surface area contributed by atoms with E-state index in [4.69, 9.17) is 14.2 Å². The number of morpholine rings is 1. The quantitative estimate of drug-likeness (QED) is 0.0170. The van der Waals surface area contributed by atoms with Gasteiger partial charge < -0.3 is 114 Å². The maximum atomic E-state index is 12.7. The lowest BCUT2D eigenvalue weighted by molar-refractivity contribution is -0.114. The number of ether oxygens (including phenoxy) is 3. The Bertz CT molecular complexity index is 6750. The first-order valence-electron chi connectivity index (χ1n) is 45.7. The number of rotatable bonds is 33. The Morgan fingerprint density at radius 3 is 1.24 bits per heavy atom. The Hall–Kier alpha value is -17.4. The van der Waals surface area contributed by atoms with Gasteiger partial charge >= 0.3 is 0 Å². The third kappa shape index (κ3) is 24.7. The number of methoxy groups -OCH3 is 1. The Morgan fingerprint density at radius 2 is 0.859 bits per heavy atom. The molecule has 0 aliphatic carbocycles. The number of benzene rings is 6. The van der Waals surface area contributed by atoms with Crippen LogP contribution in [-0.4, -0.2) is 214 Å². The second-order valence-corrected chi connectivity index (χ2v) is 33.9. The highest BCUT2D eigenvalue weighted by atomic mass is 16.5. The summed E-state index contributed by atoms with van der Waals surface area (Å²) in [6, 6.07) is 46.0. The maximum absolute atomic E-state index is 12.7. The van der Waals surface area contributed by atoms with Crippen molar-refractivity contribution in [1.29, 1.82) is 0 Å². The van der Waals surface area contributed by atoms with E-state index in [9.17, 15) is 43.5 Å². The van der Waals surface area contributed by atoms with Gasteiger partial charge in [-0.2, -0.15) is 30.1 Å². The summed E-state index contributed by atoms with van der Waals surface area (Å²) in [4.78, 5) is 142. The van der Waals surface area contributed by atoms with E-state index in [1.54, 1.807) is 121 Å². The molecule has 7 aliphatic rings. The summed E-state index contributed by atoms with van der Waals surface area (Å²) < 4.78 is 19.2. The normalized spacial score (nSPS) is 14.8. The second-order valence-electron chi connectivity index (χ2n) is 33.9. The monoisotopic (exact) mass is 1920 g/mol. The Morgan fingerprint density at radius 1 is 0.472 bits per heavy atom. The lowest BCUT2D eigenvalue weighted by atomic mass is 10.1. The minimum absolute atomic E-state index is 0.175. The van der Waals surface area contributed by atoms with Crippen LogP contribution < -0.4 is 94.5 Å². The van der Waals surface area contributed by atoms with E-state index in [1.807, 2.05) is 79.7 Å². The van der Waals surface area contributed by atoms with E-state index in [2.05, 4.69) is 190 Å². The molecule has 730 valence electrons. The van der Waals surface area contributed by atoms with Crippen molar-refractivity contribution in [2.45, 2.75) is 84.6 Å². The van der Waals surface area contributed by atoms with Gasteiger partial charge in [-0.1, -0.05) is 50.6 Å². The summed E-state index contributed by atoms with van der Waals surface area (Å²) in [7, 11) is 1.63. The number of amides is 8. The fraction of sp³-hybridized carbons (Fsp3) is 0.253. The molecule has 7 aliphatic heterocycles. The molecule has 0 saturated carbocycles. The first-order valence-corrected chi connectivity index (χ1v) is 45.7. The number of fused-ring (bicyclic) bond motifs is 4. The van der Waals surface area contributed by atoms with Gasteiger partial charge in [0, 0.05) is 133 Å². The molecule has 3 fully saturated rings. The molecule has 0 unspecified atom stereocenters. The van der Waals surface area contributed by atoms with E-state index in [-0.39, 0.29) is 59.8 Å². The van der Waals surface area contributed by atoms with Gasteiger partial charge in [-0.05, 0) is 173 Å². The fourth-order valence-corrected chi connectivity index (χ4v) is 16.2. The van der Waals surface area contributed by atoms with Crippen molar-refractivity contribution < 1.29 is 57.7 Å². The maximum Gasteiger partial charge on any atom is 0.257 e. The number of aromatic nitrogens is 12. The molecule has 43 nitrogen and oxygen atoms in total. The lowest BCUT2D eigenvalue weighted by Gasteiger charge is -2.46. The van der Waals surface area contributed by atoms with Crippen molar-refractivity contribution in [3.8, 4) is 0 Å². The molecule has 19 rings (SSSR count). The summed E-state index contributed by atoms with van der Waals surface area (Å²) in [6.07, 6.45) is 11.7. The molecule has 6 aromatic heterocycles. The first kappa shape index (κ1) is 97.7. The van der Waals surface area contributed by atoms with Gasteiger partial charge in [0.05, 0.1) is 130 Å². The van der Waals surface area contributed by atoms with E-state index in [1.165, 1.54) is 30.0 Å². The molecular formula is C99H107N31O12. The van der Waals surface area contributed by atoms with Gasteiger partial charge in [-0.25, -0.2) is 19.9 Å². The van der Waals surface area contributed by atoms with Crippen LogP contribution in [0.1, 0.15) is 91.9 Å². The standard InChI is InChI=1S/C31H36N8O3.C25H25N7O3.C22H24N8O3.C21H22N8O3/c1-4-27(40)38(5-2)24-8-6-7-22(15-24)34-31-35-26-16-32-30(41)28(26)29(36-31)33-21-9-11-23(12-10-21)39-14-13-37(17-20(39)3)25-18-42-19-25;1-2-21(33)27-17-4-3-5-18(14-17)29-25-30-20-15-26-24(34)22(20)23(31-25)28-16-6-8-19(9-7-16)32-10-12-35-13-11-32;1-4-17(31)25-13-6-5-7-14(8-13)27-21-28-16-10-23-20(32)18(16)19(29-21)26-15-9-24-30(11-15)12-22(2,3)33;1-3-17(30)24-13-5-4-6-14(9-13)26-21-27-16-11-22-20(31)18(16)19(28-21)25-15-10-23-29(12-15)7-8-32-2/h4,6-12,15,20,25H,1,5,13-14,16-19H2,2-3H3,(H,32,41)(H2,33,34,35,36);2-9,14H,1,10-13,15H2,(H,26,34)(H,27,33)(H2,28,29,30,31);4-9,11,33H,1,10,12H2,2-3H3,(H,23,32)(H,25,31)(H2,26,27,28,29);3-6,9-10,12H,1,7-8,11H2,2H3,(H,22,31)(H,24,30)(H2,25,26,27,28)/t20-;;;/m0.../s1. The molecule has 142 heavy (non-hydrogen) atoms. The van der Waals surface area contributed by atoms with Crippen LogP contribution in [0, 0.1) is 0 Å². The highest BCUT2D eigenvalue weighted by Gasteiger charge is 2.35. The third-order valence-corrected chi connectivity index (χ3v) is 23.0. The lowest BCUT2D eigenvalue weighted by Crippen LogP contribution is -2.59. The van der Waals surface area contributed by atoms with Gasteiger partial charge in [0.1, 0.15) is 45.5 Å². The first-order chi connectivity index (χ1) is 68.8. The van der Waals surface area contributed by atoms with Gasteiger partial charge in [-0.3, -0.25) is 52.6 Å². The number of carbonyl (C=O) groups excluding carboxylic acids is 8.